The minimum Gasteiger partial charge on any atom is -0.450 e. The molecule has 45 heavy (non-hydrogen) atoms. The number of hydrogen-bond donors (Lipinski definition) is 7. The SMILES string of the molecule is CNCCNCC1=CC2CC3(O)C4(O)CC(CCC(C)C)C5(O)CC(O)CCC5(C=O)C4CCC3(C)C2(CO)C2=CC(=O)OC12. The number of aliphatic hydroxyl groups excluding tert-OH is 2. The lowest BCUT2D eigenvalue weighted by molar-refractivity contribution is -0.336. The lowest BCUT2D eigenvalue weighted by Gasteiger charge is -2.71. The van der Waals surface area contributed by atoms with Crippen molar-refractivity contribution in [2.45, 2.75) is 108 Å². The predicted octanol–water partition coefficient (Wildman–Crippen LogP) is 1.38. The van der Waals surface area contributed by atoms with Crippen molar-refractivity contribution in [2.75, 3.05) is 33.3 Å². The van der Waals surface area contributed by atoms with E-state index in [1.54, 1.807) is 0 Å². The van der Waals surface area contributed by atoms with Crippen LogP contribution in [0.1, 0.15) is 78.6 Å². The fraction of sp³-hybridized carbons (Fsp3) is 0.829. The number of likely N-dealkylation sites (N-methyl/N-ethyl adjacent to an activating group) is 1. The van der Waals surface area contributed by atoms with Crippen LogP contribution in [-0.4, -0.2) is 100 Å². The standard InChI is InChI=1S/C35H54N2O8/c1-21(2)5-6-23-15-34(43)27(31(19-38)10-7-25(40)17-33(23,31)42)8-9-30(3)32(20-39)24(16-35(30,34)44)13-22(18-37-12-11-36-4)29-26(32)14-28(41)45-29/h13-14,19,21,23-25,27,29,36-37,39-40,42-44H,5-12,15-18,20H2,1-4H3. The van der Waals surface area contributed by atoms with Crippen molar-refractivity contribution >= 4 is 12.3 Å². The summed E-state index contributed by atoms with van der Waals surface area (Å²) in [5.41, 5.74) is -6.95. The Kier molecular flexibility index (Phi) is 8.28. The molecule has 0 spiro atoms. The van der Waals surface area contributed by atoms with E-state index < -0.39 is 69.0 Å². The van der Waals surface area contributed by atoms with Crippen LogP contribution in [0.4, 0.5) is 0 Å². The molecule has 10 nitrogen and oxygen atoms in total. The van der Waals surface area contributed by atoms with E-state index in [9.17, 15) is 35.1 Å². The molecule has 6 aliphatic rings. The van der Waals surface area contributed by atoms with Crippen LogP contribution in [0.2, 0.25) is 0 Å². The summed E-state index contributed by atoms with van der Waals surface area (Å²) in [4.78, 5) is 26.2. The topological polar surface area (TPSA) is 169 Å². The number of aldehydes is 1. The molecule has 7 N–H and O–H groups in total. The van der Waals surface area contributed by atoms with Gasteiger partial charge < -0.3 is 45.7 Å². The van der Waals surface area contributed by atoms with Gasteiger partial charge in [0.05, 0.1) is 29.3 Å². The van der Waals surface area contributed by atoms with Gasteiger partial charge in [-0.3, -0.25) is 0 Å². The van der Waals surface area contributed by atoms with E-state index in [4.69, 9.17) is 4.74 Å². The number of allylic oxidation sites excluding steroid dienone is 1. The lowest BCUT2D eigenvalue weighted by atomic mass is 9.36. The highest BCUT2D eigenvalue weighted by molar-refractivity contribution is 5.87. The highest BCUT2D eigenvalue weighted by Gasteiger charge is 2.83. The van der Waals surface area contributed by atoms with Gasteiger partial charge in [0.15, 0.2) is 0 Å². The summed E-state index contributed by atoms with van der Waals surface area (Å²) in [7, 11) is 1.88. The molecule has 10 heteroatoms. The molecule has 4 fully saturated rings. The summed E-state index contributed by atoms with van der Waals surface area (Å²) in [6, 6.07) is 0. The first-order chi connectivity index (χ1) is 21.2. The van der Waals surface area contributed by atoms with E-state index in [1.807, 2.05) is 20.0 Å². The summed E-state index contributed by atoms with van der Waals surface area (Å²) in [5, 5.41) is 67.7. The number of carbonyl (C=O) groups is 2. The quantitative estimate of drug-likeness (QED) is 0.0811. The summed E-state index contributed by atoms with van der Waals surface area (Å²) >= 11 is 0. The Morgan fingerprint density at radius 2 is 1.84 bits per heavy atom. The van der Waals surface area contributed by atoms with E-state index in [1.165, 1.54) is 6.08 Å². The van der Waals surface area contributed by atoms with Crippen LogP contribution in [0.5, 0.6) is 0 Å². The van der Waals surface area contributed by atoms with Gasteiger partial charge in [-0.2, -0.15) is 0 Å². The zero-order valence-corrected chi connectivity index (χ0v) is 27.3. The monoisotopic (exact) mass is 630 g/mol. The number of rotatable bonds is 10. The van der Waals surface area contributed by atoms with E-state index in [0.717, 1.165) is 24.8 Å². The minimum absolute atomic E-state index is 0.0701. The second-order valence-corrected chi connectivity index (χ2v) is 15.9. The van der Waals surface area contributed by atoms with Gasteiger partial charge in [0.1, 0.15) is 18.0 Å². The molecule has 0 saturated heterocycles. The molecule has 0 aromatic rings. The molecule has 0 radical (unpaired) electrons. The molecule has 4 saturated carbocycles. The number of aliphatic hydroxyl groups is 5. The second kappa shape index (κ2) is 11.2. The number of fused-ring (bicyclic) bond motifs is 9. The zero-order valence-electron chi connectivity index (χ0n) is 27.3. The number of ether oxygens (including phenoxy) is 1. The Bertz CT molecular complexity index is 1270. The predicted molar refractivity (Wildman–Crippen MR) is 167 cm³/mol. The molecule has 11 atom stereocenters. The van der Waals surface area contributed by atoms with Gasteiger partial charge in [-0.1, -0.05) is 33.3 Å². The second-order valence-electron chi connectivity index (χ2n) is 15.9. The van der Waals surface area contributed by atoms with Gasteiger partial charge in [-0.15, -0.1) is 0 Å². The summed E-state index contributed by atoms with van der Waals surface area (Å²) in [5.74, 6) is -1.81. The fourth-order valence-corrected chi connectivity index (χ4v) is 11.6. The third-order valence-electron chi connectivity index (χ3n) is 13.9. The van der Waals surface area contributed by atoms with E-state index in [0.29, 0.717) is 50.3 Å². The first-order valence-corrected chi connectivity index (χ1v) is 17.1. The van der Waals surface area contributed by atoms with Crippen LogP contribution in [0.15, 0.2) is 23.3 Å². The summed E-state index contributed by atoms with van der Waals surface area (Å²) in [6.45, 7) is 7.72. The average Bonchev–Trinajstić information content (AvgIpc) is 3.47. The van der Waals surface area contributed by atoms with Crippen LogP contribution in [-0.2, 0) is 14.3 Å². The Morgan fingerprint density at radius 3 is 2.51 bits per heavy atom. The average molecular weight is 631 g/mol. The summed E-state index contributed by atoms with van der Waals surface area (Å²) in [6.07, 6.45) is 5.88. The van der Waals surface area contributed by atoms with Gasteiger partial charge >= 0.3 is 5.97 Å². The smallest absolute Gasteiger partial charge is 0.331 e. The molecule has 0 amide bonds. The highest BCUT2D eigenvalue weighted by atomic mass is 16.5. The maximum atomic E-state index is 13.4. The molecule has 11 unspecified atom stereocenters. The number of esters is 1. The normalized spacial score (nSPS) is 48.4. The van der Waals surface area contributed by atoms with Gasteiger partial charge in [0.25, 0.3) is 0 Å². The van der Waals surface area contributed by atoms with E-state index in [-0.39, 0.29) is 32.3 Å². The van der Waals surface area contributed by atoms with Crippen LogP contribution in [0.3, 0.4) is 0 Å². The highest BCUT2D eigenvalue weighted by Crippen LogP contribution is 2.78. The van der Waals surface area contributed by atoms with Gasteiger partial charge in [0, 0.05) is 48.9 Å². The first kappa shape index (κ1) is 33.2. The van der Waals surface area contributed by atoms with Gasteiger partial charge in [-0.05, 0) is 80.9 Å². The largest absolute Gasteiger partial charge is 0.450 e. The third-order valence-corrected chi connectivity index (χ3v) is 13.9. The van der Waals surface area contributed by atoms with Crippen molar-refractivity contribution in [2.24, 2.45) is 39.9 Å². The molecule has 1 heterocycles. The van der Waals surface area contributed by atoms with Gasteiger partial charge in [0.2, 0.25) is 0 Å². The van der Waals surface area contributed by atoms with Crippen molar-refractivity contribution in [1.29, 1.82) is 0 Å². The van der Waals surface area contributed by atoms with Crippen molar-refractivity contribution in [3.63, 3.8) is 0 Å². The van der Waals surface area contributed by atoms with E-state index in [2.05, 4.69) is 24.5 Å². The minimum atomic E-state index is -1.75. The van der Waals surface area contributed by atoms with Crippen LogP contribution < -0.4 is 10.6 Å². The Labute approximate surface area is 266 Å². The van der Waals surface area contributed by atoms with Crippen LogP contribution in [0, 0.1) is 39.9 Å². The van der Waals surface area contributed by atoms with Gasteiger partial charge in [-0.25, -0.2) is 4.79 Å². The molecule has 252 valence electrons. The molecule has 6 rings (SSSR count). The number of hydrogen-bond acceptors (Lipinski definition) is 10. The molecular weight excluding hydrogens is 576 g/mol. The maximum Gasteiger partial charge on any atom is 0.331 e. The number of nitrogens with one attached hydrogen (secondary N) is 2. The van der Waals surface area contributed by atoms with Crippen LogP contribution in [0.25, 0.3) is 0 Å². The van der Waals surface area contributed by atoms with Crippen LogP contribution >= 0.6 is 0 Å². The van der Waals surface area contributed by atoms with Crippen molar-refractivity contribution in [3.05, 3.63) is 23.3 Å². The molecule has 5 aliphatic carbocycles. The number of carbonyl (C=O) groups excluding carboxylic acids is 2. The third kappa shape index (κ3) is 4.18. The van der Waals surface area contributed by atoms with Crippen molar-refractivity contribution in [1.82, 2.24) is 10.6 Å². The Balaban J connectivity index is 1.48. The Morgan fingerprint density at radius 1 is 1.09 bits per heavy atom. The molecule has 1 aliphatic heterocycles. The molecule has 0 aromatic heterocycles. The summed E-state index contributed by atoms with van der Waals surface area (Å²) < 4.78 is 5.84. The van der Waals surface area contributed by atoms with Crippen molar-refractivity contribution in [3.8, 4) is 0 Å². The maximum absolute atomic E-state index is 13.4. The Hall–Kier alpha value is -1.66. The first-order valence-electron chi connectivity index (χ1n) is 17.1. The zero-order chi connectivity index (χ0) is 32.6. The lowest BCUT2D eigenvalue weighted by Crippen LogP contribution is -2.79. The fourth-order valence-electron chi connectivity index (χ4n) is 11.6. The van der Waals surface area contributed by atoms with E-state index >= 15 is 0 Å². The molecule has 0 bridgehead atoms. The molecular formula is C35H54N2O8. The van der Waals surface area contributed by atoms with Crippen molar-refractivity contribution < 1.29 is 39.9 Å². The molecule has 0 aromatic carbocycles.